The molecule has 2 aromatic carbocycles. The highest BCUT2D eigenvalue weighted by atomic mass is 32.1. The van der Waals surface area contributed by atoms with E-state index < -0.39 is 0 Å². The van der Waals surface area contributed by atoms with Crippen LogP contribution in [0.1, 0.15) is 0 Å². The monoisotopic (exact) mass is 284 g/mol. The molecule has 20 heavy (non-hydrogen) atoms. The first-order valence-corrected chi connectivity index (χ1v) is 6.95. The minimum absolute atomic E-state index is 0.178. The molecular weight excluding hydrogens is 272 g/mol. The molecule has 3 rings (SSSR count). The van der Waals surface area contributed by atoms with Crippen LogP contribution in [0.3, 0.4) is 0 Å². The molecular formula is C15H12N2O2S. The molecule has 0 fully saturated rings. The van der Waals surface area contributed by atoms with E-state index in [1.807, 2.05) is 60.5 Å². The van der Waals surface area contributed by atoms with Crippen molar-refractivity contribution in [2.24, 2.45) is 0 Å². The summed E-state index contributed by atoms with van der Waals surface area (Å²) < 4.78 is 0.928. The fourth-order valence-electron chi connectivity index (χ4n) is 2.19. The van der Waals surface area contributed by atoms with Crippen LogP contribution in [0.4, 0.5) is 16.4 Å². The van der Waals surface area contributed by atoms with Crippen molar-refractivity contribution in [3.8, 4) is 0 Å². The van der Waals surface area contributed by atoms with E-state index in [0.717, 1.165) is 10.4 Å². The van der Waals surface area contributed by atoms with Crippen LogP contribution in [0, 0.1) is 10.1 Å². The zero-order chi connectivity index (χ0) is 14.1. The Hall–Kier alpha value is -2.40. The molecule has 100 valence electrons. The molecule has 0 radical (unpaired) electrons. The topological polar surface area (TPSA) is 46.4 Å². The van der Waals surface area contributed by atoms with Crippen LogP contribution in [0.5, 0.6) is 0 Å². The lowest BCUT2D eigenvalue weighted by Gasteiger charge is -2.16. The Morgan fingerprint density at radius 1 is 1.05 bits per heavy atom. The molecule has 0 atom stereocenters. The van der Waals surface area contributed by atoms with Gasteiger partial charge in [-0.15, -0.1) is 11.3 Å². The van der Waals surface area contributed by atoms with Crippen molar-refractivity contribution in [1.29, 1.82) is 0 Å². The maximum absolute atomic E-state index is 11.4. The van der Waals surface area contributed by atoms with Gasteiger partial charge >= 0.3 is 5.69 Å². The Balaban J connectivity index is 2.21. The third-order valence-electron chi connectivity index (χ3n) is 3.18. The number of rotatable bonds is 3. The van der Waals surface area contributed by atoms with Crippen LogP contribution in [-0.4, -0.2) is 12.0 Å². The summed E-state index contributed by atoms with van der Waals surface area (Å²) in [6.07, 6.45) is 0. The van der Waals surface area contributed by atoms with Crippen molar-refractivity contribution >= 4 is 37.8 Å². The summed E-state index contributed by atoms with van der Waals surface area (Å²) in [6, 6.07) is 17.1. The largest absolute Gasteiger partial charge is 0.331 e. The molecule has 0 aliphatic carbocycles. The Bertz CT molecular complexity index is 768. The summed E-state index contributed by atoms with van der Waals surface area (Å²) in [5.41, 5.74) is 1.11. The number of anilines is 2. The Kier molecular flexibility index (Phi) is 3.12. The molecule has 1 aromatic heterocycles. The number of thiophene rings is 1. The van der Waals surface area contributed by atoms with Crippen LogP contribution in [0.15, 0.2) is 54.6 Å². The van der Waals surface area contributed by atoms with Crippen molar-refractivity contribution in [3.05, 3.63) is 64.7 Å². The summed E-state index contributed by atoms with van der Waals surface area (Å²) in [7, 11) is 1.85. The third-order valence-corrected chi connectivity index (χ3v) is 4.42. The number of para-hydroxylation sites is 1. The van der Waals surface area contributed by atoms with Gasteiger partial charge in [-0.25, -0.2) is 0 Å². The summed E-state index contributed by atoms with van der Waals surface area (Å²) in [4.78, 5) is 13.0. The highest BCUT2D eigenvalue weighted by molar-refractivity contribution is 7.23. The highest BCUT2D eigenvalue weighted by Crippen LogP contribution is 2.45. The first-order chi connectivity index (χ1) is 9.68. The number of hydrogen-bond acceptors (Lipinski definition) is 4. The quantitative estimate of drug-likeness (QED) is 0.522. The number of nitrogens with zero attached hydrogens (tertiary/aromatic N) is 2. The van der Waals surface area contributed by atoms with Gasteiger partial charge in [-0.3, -0.25) is 10.1 Å². The molecule has 0 aliphatic rings. The summed E-state index contributed by atoms with van der Waals surface area (Å²) in [5.74, 6) is 0. The average molecular weight is 284 g/mol. The second kappa shape index (κ2) is 4.94. The van der Waals surface area contributed by atoms with E-state index in [-0.39, 0.29) is 10.6 Å². The molecule has 3 aromatic rings. The second-order valence-corrected chi connectivity index (χ2v) is 5.43. The number of fused-ring (bicyclic) bond motifs is 1. The first kappa shape index (κ1) is 12.6. The van der Waals surface area contributed by atoms with Gasteiger partial charge in [0.25, 0.3) is 0 Å². The Morgan fingerprint density at radius 3 is 2.40 bits per heavy atom. The molecule has 0 saturated carbocycles. The van der Waals surface area contributed by atoms with Crippen LogP contribution < -0.4 is 4.90 Å². The van der Waals surface area contributed by atoms with Gasteiger partial charge in [0.1, 0.15) is 0 Å². The standard InChI is InChI=1S/C15H12N2O2S/c1-16(11-7-3-2-4-8-11)15-14(17(18)19)12-9-5-6-10-13(12)20-15/h2-10H,1H3. The van der Waals surface area contributed by atoms with Gasteiger partial charge < -0.3 is 4.90 Å². The second-order valence-electron chi connectivity index (χ2n) is 4.40. The van der Waals surface area contributed by atoms with E-state index in [0.29, 0.717) is 10.4 Å². The molecule has 0 unspecified atom stereocenters. The number of hydrogen-bond donors (Lipinski definition) is 0. The lowest BCUT2D eigenvalue weighted by molar-refractivity contribution is -0.381. The Morgan fingerprint density at radius 2 is 1.70 bits per heavy atom. The predicted octanol–water partition coefficient (Wildman–Crippen LogP) is 4.58. The summed E-state index contributed by atoms with van der Waals surface area (Å²) >= 11 is 1.44. The smallest absolute Gasteiger partial charge is 0.311 e. The fourth-order valence-corrected chi connectivity index (χ4v) is 3.34. The first-order valence-electron chi connectivity index (χ1n) is 6.13. The van der Waals surface area contributed by atoms with E-state index in [1.165, 1.54) is 11.3 Å². The lowest BCUT2D eigenvalue weighted by Crippen LogP contribution is -2.09. The predicted molar refractivity (Wildman–Crippen MR) is 83.0 cm³/mol. The van der Waals surface area contributed by atoms with Gasteiger partial charge in [0.2, 0.25) is 0 Å². The third kappa shape index (κ3) is 2.02. The van der Waals surface area contributed by atoms with E-state index in [9.17, 15) is 10.1 Å². The molecule has 0 amide bonds. The SMILES string of the molecule is CN(c1ccccc1)c1sc2ccccc2c1[N+](=O)[O-]. The minimum Gasteiger partial charge on any atom is -0.331 e. The number of benzene rings is 2. The van der Waals surface area contributed by atoms with E-state index in [4.69, 9.17) is 0 Å². The minimum atomic E-state index is -0.298. The van der Waals surface area contributed by atoms with Crippen molar-refractivity contribution in [1.82, 2.24) is 0 Å². The van der Waals surface area contributed by atoms with Crippen molar-refractivity contribution in [2.45, 2.75) is 0 Å². The van der Waals surface area contributed by atoms with Crippen molar-refractivity contribution < 1.29 is 4.92 Å². The molecule has 0 aliphatic heterocycles. The molecule has 0 saturated heterocycles. The van der Waals surface area contributed by atoms with Gasteiger partial charge in [0.05, 0.1) is 10.3 Å². The zero-order valence-electron chi connectivity index (χ0n) is 10.8. The van der Waals surface area contributed by atoms with Crippen LogP contribution in [0.25, 0.3) is 10.1 Å². The summed E-state index contributed by atoms with van der Waals surface area (Å²) in [6.45, 7) is 0. The Labute approximate surface area is 120 Å². The van der Waals surface area contributed by atoms with Crippen molar-refractivity contribution in [3.63, 3.8) is 0 Å². The maximum atomic E-state index is 11.4. The van der Waals surface area contributed by atoms with Crippen LogP contribution >= 0.6 is 11.3 Å². The van der Waals surface area contributed by atoms with Crippen LogP contribution in [-0.2, 0) is 0 Å². The van der Waals surface area contributed by atoms with E-state index >= 15 is 0 Å². The zero-order valence-corrected chi connectivity index (χ0v) is 11.6. The molecule has 0 spiro atoms. The normalized spacial score (nSPS) is 10.7. The van der Waals surface area contributed by atoms with Gasteiger partial charge in [-0.05, 0) is 24.3 Å². The van der Waals surface area contributed by atoms with Crippen molar-refractivity contribution in [2.75, 3.05) is 11.9 Å². The fraction of sp³-hybridized carbons (Fsp3) is 0.0667. The molecule has 0 N–H and O–H groups in total. The molecule has 0 bridgehead atoms. The molecule has 1 heterocycles. The lowest BCUT2D eigenvalue weighted by atomic mass is 10.2. The highest BCUT2D eigenvalue weighted by Gasteiger charge is 2.25. The average Bonchev–Trinajstić information content (AvgIpc) is 2.86. The van der Waals surface area contributed by atoms with Crippen LogP contribution in [0.2, 0.25) is 0 Å². The molecule has 4 nitrogen and oxygen atoms in total. The number of nitro groups is 1. The van der Waals surface area contributed by atoms with E-state index in [2.05, 4.69) is 0 Å². The van der Waals surface area contributed by atoms with Gasteiger partial charge in [0, 0.05) is 17.4 Å². The summed E-state index contributed by atoms with van der Waals surface area (Å²) in [5, 5.41) is 12.8. The van der Waals surface area contributed by atoms with E-state index in [1.54, 1.807) is 6.07 Å². The maximum Gasteiger partial charge on any atom is 0.311 e. The van der Waals surface area contributed by atoms with Gasteiger partial charge in [-0.2, -0.15) is 0 Å². The molecule has 5 heteroatoms. The van der Waals surface area contributed by atoms with Gasteiger partial charge in [-0.1, -0.05) is 30.3 Å². The van der Waals surface area contributed by atoms with Gasteiger partial charge in [0.15, 0.2) is 5.00 Å².